The molecule has 1 amide bonds. The van der Waals surface area contributed by atoms with E-state index < -0.39 is 6.04 Å². The van der Waals surface area contributed by atoms with Crippen molar-refractivity contribution in [3.8, 4) is 5.75 Å². The van der Waals surface area contributed by atoms with Gasteiger partial charge in [0, 0.05) is 26.5 Å². The maximum absolute atomic E-state index is 11.8. The molecule has 1 aromatic carbocycles. The van der Waals surface area contributed by atoms with Gasteiger partial charge in [0.1, 0.15) is 12.4 Å². The summed E-state index contributed by atoms with van der Waals surface area (Å²) in [7, 11) is 3.20. The first kappa shape index (κ1) is 16.4. The third kappa shape index (κ3) is 6.01. The van der Waals surface area contributed by atoms with Crippen LogP contribution in [0.1, 0.15) is 6.42 Å². The predicted octanol–water partition coefficient (Wildman–Crippen LogP) is 1.01. The Labute approximate surface area is 119 Å². The lowest BCUT2D eigenvalue weighted by Crippen LogP contribution is -2.36. The van der Waals surface area contributed by atoms with Crippen LogP contribution in [0.4, 0.5) is 5.69 Å². The summed E-state index contributed by atoms with van der Waals surface area (Å²) in [4.78, 5) is 11.8. The minimum Gasteiger partial charge on any atom is -0.491 e. The summed E-state index contributed by atoms with van der Waals surface area (Å²) in [5.41, 5.74) is 6.41. The molecule has 112 valence electrons. The van der Waals surface area contributed by atoms with Crippen LogP contribution in [-0.4, -0.2) is 46.0 Å². The molecule has 0 fully saturated rings. The summed E-state index contributed by atoms with van der Waals surface area (Å²) in [5.74, 6) is 0.499. The third-order valence-corrected chi connectivity index (χ3v) is 2.65. The Morgan fingerprint density at radius 2 is 1.80 bits per heavy atom. The summed E-state index contributed by atoms with van der Waals surface area (Å²) in [5, 5.41) is 2.75. The van der Waals surface area contributed by atoms with Gasteiger partial charge < -0.3 is 25.3 Å². The number of anilines is 1. The molecule has 1 rings (SSSR count). The molecule has 0 aliphatic rings. The number of nitrogens with one attached hydrogen (secondary N) is 1. The Balaban J connectivity index is 2.42. The van der Waals surface area contributed by atoms with Crippen LogP contribution in [0.25, 0.3) is 0 Å². The van der Waals surface area contributed by atoms with Gasteiger partial charge in [-0.3, -0.25) is 4.79 Å². The maximum Gasteiger partial charge on any atom is 0.241 e. The third-order valence-electron chi connectivity index (χ3n) is 2.65. The number of carbonyl (C=O) groups is 1. The smallest absolute Gasteiger partial charge is 0.241 e. The minimum atomic E-state index is -0.576. The summed E-state index contributed by atoms with van der Waals surface area (Å²) in [6, 6.07) is 6.52. The van der Waals surface area contributed by atoms with Crippen molar-refractivity contribution in [2.24, 2.45) is 5.73 Å². The Morgan fingerprint density at radius 3 is 2.40 bits per heavy atom. The van der Waals surface area contributed by atoms with Crippen LogP contribution < -0.4 is 15.8 Å². The van der Waals surface area contributed by atoms with Crippen molar-refractivity contribution in [2.75, 3.05) is 39.4 Å². The van der Waals surface area contributed by atoms with E-state index in [0.717, 1.165) is 5.75 Å². The van der Waals surface area contributed by atoms with E-state index in [0.29, 0.717) is 31.9 Å². The number of hydrogen-bond donors (Lipinski definition) is 2. The highest BCUT2D eigenvalue weighted by molar-refractivity contribution is 5.94. The number of amides is 1. The highest BCUT2D eigenvalue weighted by Gasteiger charge is 2.12. The van der Waals surface area contributed by atoms with Crippen LogP contribution >= 0.6 is 0 Å². The molecule has 0 aliphatic carbocycles. The van der Waals surface area contributed by atoms with E-state index in [-0.39, 0.29) is 5.91 Å². The molecule has 0 saturated carbocycles. The summed E-state index contributed by atoms with van der Waals surface area (Å²) in [6.45, 7) is 1.48. The van der Waals surface area contributed by atoms with E-state index in [1.54, 1.807) is 38.5 Å². The average molecular weight is 282 g/mol. The Bertz CT molecular complexity index is 395. The largest absolute Gasteiger partial charge is 0.491 e. The highest BCUT2D eigenvalue weighted by atomic mass is 16.5. The normalized spacial score (nSPS) is 11.9. The molecule has 3 N–H and O–H groups in total. The fourth-order valence-electron chi connectivity index (χ4n) is 1.49. The molecule has 1 aromatic rings. The molecule has 0 aromatic heterocycles. The van der Waals surface area contributed by atoms with E-state index in [9.17, 15) is 4.79 Å². The van der Waals surface area contributed by atoms with E-state index in [1.807, 2.05) is 0 Å². The molecule has 0 spiro atoms. The van der Waals surface area contributed by atoms with Gasteiger partial charge in [0.15, 0.2) is 0 Å². The number of hydrogen-bond acceptors (Lipinski definition) is 5. The number of benzene rings is 1. The first-order valence-electron chi connectivity index (χ1n) is 6.44. The van der Waals surface area contributed by atoms with Crippen LogP contribution in [0, 0.1) is 0 Å². The molecular formula is C14H22N2O4. The van der Waals surface area contributed by atoms with Crippen molar-refractivity contribution in [2.45, 2.75) is 12.5 Å². The molecule has 6 heteroatoms. The quantitative estimate of drug-likeness (QED) is 0.661. The van der Waals surface area contributed by atoms with Crippen LogP contribution in [0.15, 0.2) is 24.3 Å². The lowest BCUT2D eigenvalue weighted by atomic mass is 10.2. The van der Waals surface area contributed by atoms with Crippen molar-refractivity contribution in [3.05, 3.63) is 24.3 Å². The summed E-state index contributed by atoms with van der Waals surface area (Å²) in [6.07, 6.45) is 0.487. The van der Waals surface area contributed by atoms with Gasteiger partial charge in [0.2, 0.25) is 5.91 Å². The molecule has 20 heavy (non-hydrogen) atoms. The molecule has 1 atom stereocenters. The van der Waals surface area contributed by atoms with Crippen molar-refractivity contribution >= 4 is 11.6 Å². The molecule has 0 heterocycles. The van der Waals surface area contributed by atoms with Gasteiger partial charge in [-0.15, -0.1) is 0 Å². The second-order valence-corrected chi connectivity index (χ2v) is 4.24. The number of ether oxygens (including phenoxy) is 3. The second kappa shape index (κ2) is 9.30. The molecule has 0 saturated heterocycles. The van der Waals surface area contributed by atoms with E-state index >= 15 is 0 Å². The lowest BCUT2D eigenvalue weighted by molar-refractivity contribution is -0.117. The number of methoxy groups -OCH3 is 2. The topological polar surface area (TPSA) is 82.8 Å². The first-order valence-corrected chi connectivity index (χ1v) is 6.44. The van der Waals surface area contributed by atoms with Crippen LogP contribution in [0.2, 0.25) is 0 Å². The minimum absolute atomic E-state index is 0.227. The standard InChI is InChI=1S/C14H22N2O4/c1-18-8-7-13(15)14(17)16-11-3-5-12(6-4-11)20-10-9-19-2/h3-6,13H,7-10,15H2,1-2H3,(H,16,17). The van der Waals surface area contributed by atoms with Crippen molar-refractivity contribution in [3.63, 3.8) is 0 Å². The second-order valence-electron chi connectivity index (χ2n) is 4.24. The van der Waals surface area contributed by atoms with E-state index in [2.05, 4.69) is 5.32 Å². The SMILES string of the molecule is COCCOc1ccc(NC(=O)C(N)CCOC)cc1. The Hall–Kier alpha value is -1.63. The number of carbonyl (C=O) groups excluding carboxylic acids is 1. The number of rotatable bonds is 9. The van der Waals surface area contributed by atoms with Gasteiger partial charge in [-0.25, -0.2) is 0 Å². The zero-order valence-electron chi connectivity index (χ0n) is 11.9. The fraction of sp³-hybridized carbons (Fsp3) is 0.500. The van der Waals surface area contributed by atoms with Gasteiger partial charge in [0.25, 0.3) is 0 Å². The fourth-order valence-corrected chi connectivity index (χ4v) is 1.49. The maximum atomic E-state index is 11.8. The van der Waals surface area contributed by atoms with Gasteiger partial charge in [0.05, 0.1) is 12.6 Å². The van der Waals surface area contributed by atoms with Crippen molar-refractivity contribution in [1.82, 2.24) is 0 Å². The van der Waals surface area contributed by atoms with Crippen LogP contribution in [0.3, 0.4) is 0 Å². The van der Waals surface area contributed by atoms with E-state index in [1.165, 1.54) is 0 Å². The van der Waals surface area contributed by atoms with E-state index in [4.69, 9.17) is 19.9 Å². The highest BCUT2D eigenvalue weighted by Crippen LogP contribution is 2.15. The number of nitrogens with two attached hydrogens (primary N) is 1. The van der Waals surface area contributed by atoms with Gasteiger partial charge in [-0.2, -0.15) is 0 Å². The van der Waals surface area contributed by atoms with Crippen LogP contribution in [0.5, 0.6) is 5.75 Å². The van der Waals surface area contributed by atoms with Gasteiger partial charge >= 0.3 is 0 Å². The molecule has 1 unspecified atom stereocenters. The van der Waals surface area contributed by atoms with Gasteiger partial charge in [-0.05, 0) is 30.7 Å². The van der Waals surface area contributed by atoms with Crippen molar-refractivity contribution in [1.29, 1.82) is 0 Å². The summed E-state index contributed by atoms with van der Waals surface area (Å²) >= 11 is 0. The molecule has 6 nitrogen and oxygen atoms in total. The summed E-state index contributed by atoms with van der Waals surface area (Å²) < 4.78 is 15.2. The predicted molar refractivity (Wildman–Crippen MR) is 76.9 cm³/mol. The monoisotopic (exact) mass is 282 g/mol. The average Bonchev–Trinajstić information content (AvgIpc) is 2.46. The lowest BCUT2D eigenvalue weighted by Gasteiger charge is -2.12. The molecule has 0 aliphatic heterocycles. The Morgan fingerprint density at radius 1 is 1.15 bits per heavy atom. The molecule has 0 radical (unpaired) electrons. The zero-order valence-corrected chi connectivity index (χ0v) is 11.9. The Kier molecular flexibility index (Phi) is 7.64. The first-order chi connectivity index (χ1) is 9.67. The van der Waals surface area contributed by atoms with Crippen molar-refractivity contribution < 1.29 is 19.0 Å². The zero-order chi connectivity index (χ0) is 14.8. The van der Waals surface area contributed by atoms with Crippen LogP contribution in [-0.2, 0) is 14.3 Å². The van der Waals surface area contributed by atoms with Gasteiger partial charge in [-0.1, -0.05) is 0 Å². The molecular weight excluding hydrogens is 260 g/mol. The molecule has 0 bridgehead atoms.